The van der Waals surface area contributed by atoms with Gasteiger partial charge in [0.2, 0.25) is 11.8 Å². The SMILES string of the molecule is CN1CCCCCC1C(=O)N1CCCN(C(=O)CNC(N)=O)CC1. The van der Waals surface area contributed by atoms with Gasteiger partial charge < -0.3 is 20.9 Å². The quantitative estimate of drug-likeness (QED) is 0.730. The molecule has 0 radical (unpaired) electrons. The van der Waals surface area contributed by atoms with Crippen molar-refractivity contribution in [1.29, 1.82) is 0 Å². The minimum Gasteiger partial charge on any atom is -0.352 e. The molecule has 2 aliphatic rings. The number of carbonyl (C=O) groups excluding carboxylic acids is 3. The van der Waals surface area contributed by atoms with Gasteiger partial charge in [-0.15, -0.1) is 0 Å². The van der Waals surface area contributed by atoms with Crippen LogP contribution in [-0.4, -0.2) is 84.9 Å². The third kappa shape index (κ3) is 5.09. The number of nitrogens with zero attached hydrogens (tertiary/aromatic N) is 3. The van der Waals surface area contributed by atoms with Crippen LogP contribution in [0.25, 0.3) is 0 Å². The lowest BCUT2D eigenvalue weighted by molar-refractivity contribution is -0.137. The molecule has 136 valence electrons. The van der Waals surface area contributed by atoms with E-state index < -0.39 is 6.03 Å². The molecule has 1 unspecified atom stereocenters. The Morgan fingerprint density at radius 3 is 2.42 bits per heavy atom. The first-order chi connectivity index (χ1) is 11.5. The first-order valence-electron chi connectivity index (χ1n) is 8.79. The summed E-state index contributed by atoms with van der Waals surface area (Å²) in [4.78, 5) is 41.4. The first kappa shape index (κ1) is 18.5. The van der Waals surface area contributed by atoms with Crippen molar-refractivity contribution in [2.75, 3.05) is 46.3 Å². The highest BCUT2D eigenvalue weighted by atomic mass is 16.2. The molecule has 8 heteroatoms. The third-order valence-corrected chi connectivity index (χ3v) is 4.88. The normalized spacial score (nSPS) is 23.3. The van der Waals surface area contributed by atoms with E-state index in [1.54, 1.807) is 4.90 Å². The number of nitrogens with one attached hydrogen (secondary N) is 1. The molecule has 0 aromatic carbocycles. The van der Waals surface area contributed by atoms with Gasteiger partial charge in [-0.2, -0.15) is 0 Å². The molecular weight excluding hydrogens is 310 g/mol. The molecule has 0 aromatic rings. The van der Waals surface area contributed by atoms with Crippen LogP contribution in [0.1, 0.15) is 32.1 Å². The van der Waals surface area contributed by atoms with Crippen LogP contribution in [0.4, 0.5) is 4.79 Å². The maximum atomic E-state index is 12.9. The summed E-state index contributed by atoms with van der Waals surface area (Å²) in [7, 11) is 2.02. The van der Waals surface area contributed by atoms with E-state index >= 15 is 0 Å². The fraction of sp³-hybridized carbons (Fsp3) is 0.812. The molecule has 2 aliphatic heterocycles. The standard InChI is InChI=1S/C16H29N5O3/c1-19-7-4-2-3-6-13(19)15(23)21-9-5-8-20(10-11-21)14(22)12-18-16(17)24/h13H,2-12H2,1H3,(H3,17,18,24). The van der Waals surface area contributed by atoms with Gasteiger partial charge in [-0.3, -0.25) is 14.5 Å². The molecule has 0 saturated carbocycles. The summed E-state index contributed by atoms with van der Waals surface area (Å²) < 4.78 is 0. The maximum Gasteiger partial charge on any atom is 0.312 e. The van der Waals surface area contributed by atoms with Crippen LogP contribution in [0, 0.1) is 0 Å². The van der Waals surface area contributed by atoms with Gasteiger partial charge in [0.15, 0.2) is 0 Å². The van der Waals surface area contributed by atoms with Gasteiger partial charge in [-0.05, 0) is 32.9 Å². The van der Waals surface area contributed by atoms with Crippen LogP contribution in [0.3, 0.4) is 0 Å². The van der Waals surface area contributed by atoms with Crippen molar-refractivity contribution in [3.8, 4) is 0 Å². The van der Waals surface area contributed by atoms with Gasteiger partial charge in [0.05, 0.1) is 12.6 Å². The molecule has 2 fully saturated rings. The van der Waals surface area contributed by atoms with Crippen molar-refractivity contribution in [1.82, 2.24) is 20.0 Å². The minimum atomic E-state index is -0.702. The lowest BCUT2D eigenvalue weighted by Gasteiger charge is -2.30. The smallest absolute Gasteiger partial charge is 0.312 e. The van der Waals surface area contributed by atoms with Gasteiger partial charge >= 0.3 is 6.03 Å². The summed E-state index contributed by atoms with van der Waals surface area (Å²) in [6, 6.07) is -0.738. The Bertz CT molecular complexity index is 471. The van der Waals surface area contributed by atoms with Gasteiger partial charge in [0.25, 0.3) is 0 Å². The van der Waals surface area contributed by atoms with Crippen molar-refractivity contribution in [2.24, 2.45) is 5.73 Å². The fourth-order valence-corrected chi connectivity index (χ4v) is 3.44. The Hall–Kier alpha value is -1.83. The number of hydrogen-bond acceptors (Lipinski definition) is 4. The van der Waals surface area contributed by atoms with Crippen molar-refractivity contribution in [2.45, 2.75) is 38.1 Å². The summed E-state index contributed by atoms with van der Waals surface area (Å²) in [6.45, 7) is 3.20. The number of likely N-dealkylation sites (tertiary alicyclic amines) is 1. The van der Waals surface area contributed by atoms with E-state index in [1.807, 2.05) is 11.9 Å². The number of carbonyl (C=O) groups is 3. The van der Waals surface area contributed by atoms with Crippen LogP contribution < -0.4 is 11.1 Å². The van der Waals surface area contributed by atoms with E-state index in [1.165, 1.54) is 6.42 Å². The number of amides is 4. The predicted molar refractivity (Wildman–Crippen MR) is 90.2 cm³/mol. The molecule has 0 spiro atoms. The molecule has 2 heterocycles. The van der Waals surface area contributed by atoms with E-state index in [2.05, 4.69) is 10.2 Å². The second-order valence-corrected chi connectivity index (χ2v) is 6.62. The molecule has 2 saturated heterocycles. The lowest BCUT2D eigenvalue weighted by Crippen LogP contribution is -2.48. The monoisotopic (exact) mass is 339 g/mol. The summed E-state index contributed by atoms with van der Waals surface area (Å²) >= 11 is 0. The Morgan fingerprint density at radius 2 is 1.67 bits per heavy atom. The number of hydrogen-bond donors (Lipinski definition) is 2. The summed E-state index contributed by atoms with van der Waals surface area (Å²) in [5, 5.41) is 2.32. The molecule has 0 aromatic heterocycles. The highest BCUT2D eigenvalue weighted by molar-refractivity contribution is 5.84. The van der Waals surface area contributed by atoms with Crippen LogP contribution in [0.5, 0.6) is 0 Å². The Kier molecular flexibility index (Phi) is 6.84. The number of primary amides is 1. The zero-order valence-corrected chi connectivity index (χ0v) is 14.5. The molecule has 2 rings (SSSR count). The first-order valence-corrected chi connectivity index (χ1v) is 8.79. The summed E-state index contributed by atoms with van der Waals surface area (Å²) in [5.74, 6) is 0.0265. The molecule has 8 nitrogen and oxygen atoms in total. The molecule has 0 aliphatic carbocycles. The number of nitrogens with two attached hydrogens (primary N) is 1. The van der Waals surface area contributed by atoms with Gasteiger partial charge in [0.1, 0.15) is 0 Å². The highest BCUT2D eigenvalue weighted by Crippen LogP contribution is 2.18. The van der Waals surface area contributed by atoms with Crippen molar-refractivity contribution in [3.63, 3.8) is 0 Å². The maximum absolute atomic E-state index is 12.9. The second-order valence-electron chi connectivity index (χ2n) is 6.62. The van der Waals surface area contributed by atoms with Crippen LogP contribution in [-0.2, 0) is 9.59 Å². The predicted octanol–water partition coefficient (Wildman–Crippen LogP) is -0.410. The lowest BCUT2D eigenvalue weighted by atomic mass is 10.1. The second kappa shape index (κ2) is 8.86. The van der Waals surface area contributed by atoms with E-state index in [0.29, 0.717) is 26.2 Å². The number of rotatable bonds is 3. The highest BCUT2D eigenvalue weighted by Gasteiger charge is 2.30. The molecule has 3 N–H and O–H groups in total. The number of likely N-dealkylation sites (N-methyl/N-ethyl adjacent to an activating group) is 1. The average Bonchev–Trinajstić information content (AvgIpc) is 2.92. The largest absolute Gasteiger partial charge is 0.352 e. The molecule has 4 amide bonds. The molecule has 0 bridgehead atoms. The van der Waals surface area contributed by atoms with Crippen molar-refractivity contribution in [3.05, 3.63) is 0 Å². The van der Waals surface area contributed by atoms with E-state index in [0.717, 1.165) is 32.2 Å². The number of urea groups is 1. The molecular formula is C16H29N5O3. The summed E-state index contributed by atoms with van der Waals surface area (Å²) in [6.07, 6.45) is 5.10. The van der Waals surface area contributed by atoms with Gasteiger partial charge in [-0.25, -0.2) is 4.79 Å². The van der Waals surface area contributed by atoms with Gasteiger partial charge in [0, 0.05) is 26.2 Å². The van der Waals surface area contributed by atoms with Crippen molar-refractivity contribution < 1.29 is 14.4 Å². The Balaban J connectivity index is 1.88. The Morgan fingerprint density at radius 1 is 0.958 bits per heavy atom. The zero-order valence-electron chi connectivity index (χ0n) is 14.5. The molecule has 24 heavy (non-hydrogen) atoms. The third-order valence-electron chi connectivity index (χ3n) is 4.88. The zero-order chi connectivity index (χ0) is 17.5. The van der Waals surface area contributed by atoms with E-state index in [9.17, 15) is 14.4 Å². The average molecular weight is 339 g/mol. The van der Waals surface area contributed by atoms with Crippen LogP contribution >= 0.6 is 0 Å². The minimum absolute atomic E-state index is 0.0359. The summed E-state index contributed by atoms with van der Waals surface area (Å²) in [5.41, 5.74) is 4.99. The molecule has 1 atom stereocenters. The van der Waals surface area contributed by atoms with E-state index in [4.69, 9.17) is 5.73 Å². The van der Waals surface area contributed by atoms with E-state index in [-0.39, 0.29) is 24.4 Å². The van der Waals surface area contributed by atoms with Gasteiger partial charge in [-0.1, -0.05) is 12.8 Å². The van der Waals surface area contributed by atoms with Crippen LogP contribution in [0.15, 0.2) is 0 Å². The Labute approximate surface area is 143 Å². The fourth-order valence-electron chi connectivity index (χ4n) is 3.44. The topological polar surface area (TPSA) is 99.0 Å². The van der Waals surface area contributed by atoms with Crippen molar-refractivity contribution >= 4 is 17.8 Å². The van der Waals surface area contributed by atoms with Crippen LogP contribution in [0.2, 0.25) is 0 Å².